The first kappa shape index (κ1) is 14.0. The monoisotopic (exact) mass is 303 g/mol. The molecule has 1 heterocycles. The van der Waals surface area contributed by atoms with Crippen LogP contribution in [0, 0.1) is 10.1 Å². The van der Waals surface area contributed by atoms with E-state index in [1.54, 1.807) is 23.5 Å². The summed E-state index contributed by atoms with van der Waals surface area (Å²) in [6, 6.07) is 9.89. The Kier molecular flexibility index (Phi) is 3.90. The van der Waals surface area contributed by atoms with Gasteiger partial charge in [0.15, 0.2) is 0 Å². The first-order chi connectivity index (χ1) is 10.1. The van der Waals surface area contributed by atoms with Crippen LogP contribution < -0.4 is 5.73 Å². The molecule has 1 aliphatic carbocycles. The second-order valence-electron chi connectivity index (χ2n) is 5.37. The Morgan fingerprint density at radius 1 is 1.33 bits per heavy atom. The quantitative estimate of drug-likeness (QED) is 0.504. The molecule has 2 N–H and O–H groups in total. The predicted molar refractivity (Wildman–Crippen MR) is 84.1 cm³/mol. The number of anilines is 1. The molecule has 2 aromatic rings. The van der Waals surface area contributed by atoms with Gasteiger partial charge >= 0.3 is 0 Å². The molecule has 0 spiro atoms. The first-order valence-electron chi connectivity index (χ1n) is 6.92. The number of nitrogen functional groups attached to an aromatic ring is 1. The summed E-state index contributed by atoms with van der Waals surface area (Å²) in [5.41, 5.74) is 6.81. The number of nitrogens with zero attached hydrogens (tertiary/aromatic N) is 2. The minimum atomic E-state index is -0.417. The largest absolute Gasteiger partial charge is 0.393 e. The van der Waals surface area contributed by atoms with Crippen LogP contribution in [-0.4, -0.2) is 15.9 Å². The van der Waals surface area contributed by atoms with E-state index >= 15 is 0 Å². The zero-order valence-corrected chi connectivity index (χ0v) is 12.4. The number of thiophene rings is 1. The predicted octanol–water partition coefficient (Wildman–Crippen LogP) is 3.40. The summed E-state index contributed by atoms with van der Waals surface area (Å²) in [6.07, 6.45) is 2.42. The molecule has 0 bridgehead atoms. The van der Waals surface area contributed by atoms with E-state index < -0.39 is 4.92 Å². The van der Waals surface area contributed by atoms with Crippen molar-refractivity contribution in [3.05, 3.63) is 56.3 Å². The number of nitro groups is 1. The van der Waals surface area contributed by atoms with E-state index in [4.69, 9.17) is 5.73 Å². The third-order valence-electron chi connectivity index (χ3n) is 3.68. The van der Waals surface area contributed by atoms with Gasteiger partial charge in [-0.2, -0.15) is 0 Å². The Hall–Kier alpha value is -1.92. The average Bonchev–Trinajstić information content (AvgIpc) is 3.18. The van der Waals surface area contributed by atoms with Crippen LogP contribution in [0.3, 0.4) is 0 Å². The van der Waals surface area contributed by atoms with Crippen LogP contribution in [0.25, 0.3) is 0 Å². The van der Waals surface area contributed by atoms with Crippen LogP contribution in [0.1, 0.15) is 23.3 Å². The maximum absolute atomic E-state index is 11.0. The van der Waals surface area contributed by atoms with Crippen LogP contribution in [-0.2, 0) is 13.1 Å². The molecule has 3 rings (SSSR count). The standard InChI is InChI=1S/C15H17N3O2S/c16-14-6-3-11(8-15(14)18(19)20)9-17(12-4-5-12)10-13-2-1-7-21-13/h1-3,6-8,12H,4-5,9-10,16H2. The van der Waals surface area contributed by atoms with E-state index in [2.05, 4.69) is 22.4 Å². The van der Waals surface area contributed by atoms with Crippen LogP contribution in [0.15, 0.2) is 35.7 Å². The van der Waals surface area contributed by atoms with Gasteiger partial charge in [0, 0.05) is 30.1 Å². The Morgan fingerprint density at radius 3 is 2.76 bits per heavy atom. The van der Waals surface area contributed by atoms with Gasteiger partial charge in [-0.25, -0.2) is 0 Å². The number of nitrogens with two attached hydrogens (primary N) is 1. The molecule has 0 amide bonds. The van der Waals surface area contributed by atoms with Crippen LogP contribution in [0.2, 0.25) is 0 Å². The Morgan fingerprint density at radius 2 is 2.14 bits per heavy atom. The van der Waals surface area contributed by atoms with Crippen molar-refractivity contribution in [1.29, 1.82) is 0 Å². The SMILES string of the molecule is Nc1ccc(CN(Cc2cccs2)C2CC2)cc1[N+](=O)[O-]. The zero-order chi connectivity index (χ0) is 14.8. The zero-order valence-electron chi connectivity index (χ0n) is 11.6. The van der Waals surface area contributed by atoms with Crippen molar-refractivity contribution in [2.24, 2.45) is 0 Å². The molecule has 0 saturated heterocycles. The molecule has 6 heteroatoms. The summed E-state index contributed by atoms with van der Waals surface area (Å²) < 4.78 is 0. The normalized spacial score (nSPS) is 14.5. The summed E-state index contributed by atoms with van der Waals surface area (Å²) in [6.45, 7) is 1.63. The van der Waals surface area contributed by atoms with Gasteiger partial charge in [0.1, 0.15) is 5.69 Å². The molecular weight excluding hydrogens is 286 g/mol. The fourth-order valence-electron chi connectivity index (χ4n) is 2.44. The molecule has 1 aromatic heterocycles. The molecule has 5 nitrogen and oxygen atoms in total. The van der Waals surface area contributed by atoms with Crippen molar-refractivity contribution in [3.8, 4) is 0 Å². The minimum Gasteiger partial charge on any atom is -0.393 e. The molecule has 1 aromatic carbocycles. The van der Waals surface area contributed by atoms with E-state index in [0.29, 0.717) is 6.04 Å². The van der Waals surface area contributed by atoms with Crippen molar-refractivity contribution in [2.75, 3.05) is 5.73 Å². The van der Waals surface area contributed by atoms with Crippen molar-refractivity contribution < 1.29 is 4.92 Å². The van der Waals surface area contributed by atoms with Crippen LogP contribution in [0.5, 0.6) is 0 Å². The topological polar surface area (TPSA) is 72.4 Å². The van der Waals surface area contributed by atoms with Gasteiger partial charge in [0.2, 0.25) is 0 Å². The van der Waals surface area contributed by atoms with Gasteiger partial charge in [-0.1, -0.05) is 12.1 Å². The number of benzene rings is 1. The Labute approximate surface area is 127 Å². The fourth-order valence-corrected chi connectivity index (χ4v) is 3.17. The lowest BCUT2D eigenvalue weighted by molar-refractivity contribution is -0.384. The molecule has 0 aliphatic heterocycles. The highest BCUT2D eigenvalue weighted by Gasteiger charge is 2.29. The van der Waals surface area contributed by atoms with Crippen molar-refractivity contribution in [1.82, 2.24) is 4.90 Å². The van der Waals surface area contributed by atoms with Gasteiger partial charge in [-0.3, -0.25) is 15.0 Å². The van der Waals surface area contributed by atoms with Gasteiger partial charge in [-0.05, 0) is 35.9 Å². The van der Waals surface area contributed by atoms with Crippen molar-refractivity contribution in [3.63, 3.8) is 0 Å². The highest BCUT2D eigenvalue weighted by Crippen LogP contribution is 2.31. The van der Waals surface area contributed by atoms with Crippen LogP contribution in [0.4, 0.5) is 11.4 Å². The number of nitro benzene ring substituents is 1. The lowest BCUT2D eigenvalue weighted by Gasteiger charge is -2.21. The molecule has 0 radical (unpaired) electrons. The summed E-state index contributed by atoms with van der Waals surface area (Å²) in [4.78, 5) is 14.3. The number of hydrogen-bond acceptors (Lipinski definition) is 5. The average molecular weight is 303 g/mol. The molecule has 1 saturated carbocycles. The summed E-state index contributed by atoms with van der Waals surface area (Å²) >= 11 is 1.75. The van der Waals surface area contributed by atoms with E-state index in [1.165, 1.54) is 17.7 Å². The van der Waals surface area contributed by atoms with Gasteiger partial charge < -0.3 is 5.73 Å². The number of rotatable bonds is 6. The van der Waals surface area contributed by atoms with E-state index in [-0.39, 0.29) is 11.4 Å². The Bertz CT molecular complexity index is 638. The molecular formula is C15H17N3O2S. The third-order valence-corrected chi connectivity index (χ3v) is 4.54. The Balaban J connectivity index is 1.76. The summed E-state index contributed by atoms with van der Waals surface area (Å²) in [7, 11) is 0. The second-order valence-corrected chi connectivity index (χ2v) is 6.40. The van der Waals surface area contributed by atoms with E-state index in [0.717, 1.165) is 18.7 Å². The lowest BCUT2D eigenvalue weighted by atomic mass is 10.1. The molecule has 0 unspecified atom stereocenters. The van der Waals surface area contributed by atoms with E-state index in [9.17, 15) is 10.1 Å². The smallest absolute Gasteiger partial charge is 0.292 e. The highest BCUT2D eigenvalue weighted by atomic mass is 32.1. The van der Waals surface area contributed by atoms with Crippen molar-refractivity contribution in [2.45, 2.75) is 32.0 Å². The summed E-state index contributed by atoms with van der Waals surface area (Å²) in [5, 5.41) is 13.1. The fraction of sp³-hybridized carbons (Fsp3) is 0.333. The first-order valence-corrected chi connectivity index (χ1v) is 7.80. The molecule has 110 valence electrons. The summed E-state index contributed by atoms with van der Waals surface area (Å²) in [5.74, 6) is 0. The highest BCUT2D eigenvalue weighted by molar-refractivity contribution is 7.09. The maximum atomic E-state index is 11.0. The molecule has 1 fully saturated rings. The second kappa shape index (κ2) is 5.83. The minimum absolute atomic E-state index is 0.000583. The maximum Gasteiger partial charge on any atom is 0.292 e. The van der Waals surface area contributed by atoms with Gasteiger partial charge in [0.05, 0.1) is 4.92 Å². The van der Waals surface area contributed by atoms with E-state index in [1.807, 2.05) is 6.07 Å². The molecule has 21 heavy (non-hydrogen) atoms. The van der Waals surface area contributed by atoms with Gasteiger partial charge in [-0.15, -0.1) is 11.3 Å². The molecule has 1 aliphatic rings. The lowest BCUT2D eigenvalue weighted by Crippen LogP contribution is -2.24. The van der Waals surface area contributed by atoms with Gasteiger partial charge in [0.25, 0.3) is 5.69 Å². The van der Waals surface area contributed by atoms with Crippen LogP contribution >= 0.6 is 11.3 Å². The molecule has 0 atom stereocenters. The number of hydrogen-bond donors (Lipinski definition) is 1. The third kappa shape index (κ3) is 3.40. The van der Waals surface area contributed by atoms with Crippen molar-refractivity contribution >= 4 is 22.7 Å².